The van der Waals surface area contributed by atoms with Crippen molar-refractivity contribution in [2.24, 2.45) is 0 Å². The fraction of sp³-hybridized carbons (Fsp3) is 0.364. The minimum Gasteiger partial charge on any atom is -0.480 e. The number of nitrogens with one attached hydrogen (secondary N) is 1. The van der Waals surface area contributed by atoms with Crippen molar-refractivity contribution in [3.8, 4) is 0 Å². The van der Waals surface area contributed by atoms with E-state index in [0.717, 1.165) is 16.7 Å². The first-order valence-electron chi connectivity index (χ1n) is 9.23. The first kappa shape index (κ1) is 20.3. The van der Waals surface area contributed by atoms with Gasteiger partial charge in [0.1, 0.15) is 12.6 Å². The molecule has 148 valence electrons. The van der Waals surface area contributed by atoms with Gasteiger partial charge in [-0.3, -0.25) is 0 Å². The molecule has 0 aromatic heterocycles. The van der Waals surface area contributed by atoms with Gasteiger partial charge in [-0.05, 0) is 16.7 Å². The van der Waals surface area contributed by atoms with Gasteiger partial charge in [-0.2, -0.15) is 11.8 Å². The average molecular weight is 400 g/mol. The molecule has 3 rings (SSSR count). The summed E-state index contributed by atoms with van der Waals surface area (Å²) >= 11 is 1.48. The molecule has 0 saturated carbocycles. The zero-order chi connectivity index (χ0) is 20.3. The van der Waals surface area contributed by atoms with Crippen molar-refractivity contribution in [3.63, 3.8) is 0 Å². The normalized spacial score (nSPS) is 18.5. The number of ether oxygens (including phenoxy) is 1. The van der Waals surface area contributed by atoms with Crippen molar-refractivity contribution in [2.75, 3.05) is 12.4 Å². The molecule has 0 radical (unpaired) electrons. The zero-order valence-electron chi connectivity index (χ0n) is 16.3. The standard InChI is InChI=1S/C22H25NO4S/c1-22(2,3)28-13-19(20(24)25)23-21(26)27-12-18-16-10-6-4-8-14(16)15-9-5-7-11-17(15)18/h4-11,14,19H,12-13H2,1-3H3,(H,23,26)(H,24,25)/t14?,19-/m0/s1. The molecular formula is C22H25NO4S. The lowest BCUT2D eigenvalue weighted by Crippen LogP contribution is -2.43. The van der Waals surface area contributed by atoms with Gasteiger partial charge in [0.15, 0.2) is 0 Å². The molecule has 0 fully saturated rings. The van der Waals surface area contributed by atoms with Crippen LogP contribution in [0.5, 0.6) is 0 Å². The molecule has 2 N–H and O–H groups in total. The highest BCUT2D eigenvalue weighted by atomic mass is 32.2. The van der Waals surface area contributed by atoms with Crippen LogP contribution in [0.2, 0.25) is 0 Å². The minimum absolute atomic E-state index is 0.0881. The summed E-state index contributed by atoms with van der Waals surface area (Å²) in [7, 11) is 0. The molecule has 1 unspecified atom stereocenters. The molecule has 1 aromatic carbocycles. The van der Waals surface area contributed by atoms with Crippen LogP contribution in [0.25, 0.3) is 5.57 Å². The van der Waals surface area contributed by atoms with E-state index in [2.05, 4.69) is 17.5 Å². The largest absolute Gasteiger partial charge is 0.480 e. The Morgan fingerprint density at radius 2 is 2.00 bits per heavy atom. The van der Waals surface area contributed by atoms with E-state index in [-0.39, 0.29) is 23.0 Å². The first-order chi connectivity index (χ1) is 13.3. The summed E-state index contributed by atoms with van der Waals surface area (Å²) in [6.07, 6.45) is 7.45. The van der Waals surface area contributed by atoms with Crippen LogP contribution >= 0.6 is 11.8 Å². The minimum atomic E-state index is -1.07. The Bertz CT molecular complexity index is 864. The van der Waals surface area contributed by atoms with Crippen molar-refractivity contribution >= 4 is 29.4 Å². The lowest BCUT2D eigenvalue weighted by atomic mass is 9.92. The van der Waals surface area contributed by atoms with Gasteiger partial charge in [-0.15, -0.1) is 0 Å². The number of hydrogen-bond acceptors (Lipinski definition) is 4. The molecule has 2 atom stereocenters. The van der Waals surface area contributed by atoms with Crippen LogP contribution in [0.15, 0.2) is 54.1 Å². The van der Waals surface area contributed by atoms with E-state index in [1.807, 2.05) is 57.2 Å². The van der Waals surface area contributed by atoms with Gasteiger partial charge in [-0.25, -0.2) is 9.59 Å². The van der Waals surface area contributed by atoms with Gasteiger partial charge < -0.3 is 15.2 Å². The van der Waals surface area contributed by atoms with E-state index in [1.54, 1.807) is 0 Å². The number of rotatable bonds is 6. The van der Waals surface area contributed by atoms with Gasteiger partial charge in [0.25, 0.3) is 0 Å². The number of carbonyl (C=O) groups is 2. The van der Waals surface area contributed by atoms with Gasteiger partial charge in [0.2, 0.25) is 0 Å². The Hall–Kier alpha value is -2.47. The fourth-order valence-corrected chi connectivity index (χ4v) is 4.18. The Morgan fingerprint density at radius 3 is 2.71 bits per heavy atom. The summed E-state index contributed by atoms with van der Waals surface area (Å²) in [5, 5.41) is 11.8. The summed E-state index contributed by atoms with van der Waals surface area (Å²) in [5.41, 5.74) is 4.36. The topological polar surface area (TPSA) is 75.6 Å². The molecule has 0 saturated heterocycles. The van der Waals surface area contributed by atoms with Crippen LogP contribution in [0.4, 0.5) is 4.79 Å². The summed E-state index contributed by atoms with van der Waals surface area (Å²) in [6, 6.07) is 7.09. The second-order valence-electron chi connectivity index (χ2n) is 7.78. The maximum atomic E-state index is 12.3. The first-order valence-corrected chi connectivity index (χ1v) is 10.2. The third-order valence-electron chi connectivity index (χ3n) is 4.62. The molecule has 5 nitrogen and oxygen atoms in total. The number of carbonyl (C=O) groups excluding carboxylic acids is 1. The smallest absolute Gasteiger partial charge is 0.408 e. The van der Waals surface area contributed by atoms with E-state index < -0.39 is 18.1 Å². The summed E-state index contributed by atoms with van der Waals surface area (Å²) in [5.74, 6) is -0.611. The highest BCUT2D eigenvalue weighted by molar-refractivity contribution is 8.00. The number of fused-ring (bicyclic) bond motifs is 3. The molecule has 6 heteroatoms. The van der Waals surface area contributed by atoms with Gasteiger partial charge in [-0.1, -0.05) is 69.3 Å². The van der Waals surface area contributed by atoms with Crippen LogP contribution < -0.4 is 5.32 Å². The van der Waals surface area contributed by atoms with E-state index >= 15 is 0 Å². The summed E-state index contributed by atoms with van der Waals surface area (Å²) in [4.78, 5) is 23.7. The second-order valence-corrected chi connectivity index (χ2v) is 9.62. The predicted molar refractivity (Wildman–Crippen MR) is 113 cm³/mol. The van der Waals surface area contributed by atoms with Crippen molar-refractivity contribution < 1.29 is 19.4 Å². The third kappa shape index (κ3) is 4.68. The van der Waals surface area contributed by atoms with Crippen LogP contribution in [-0.4, -0.2) is 40.3 Å². The molecule has 1 amide bonds. The molecule has 28 heavy (non-hydrogen) atoms. The number of amides is 1. The molecule has 0 bridgehead atoms. The number of hydrogen-bond donors (Lipinski definition) is 2. The number of alkyl carbamates (subject to hydrolysis) is 1. The quantitative estimate of drug-likeness (QED) is 0.743. The van der Waals surface area contributed by atoms with Gasteiger partial charge >= 0.3 is 12.1 Å². The molecular weight excluding hydrogens is 374 g/mol. The summed E-state index contributed by atoms with van der Waals surface area (Å²) < 4.78 is 5.32. The highest BCUT2D eigenvalue weighted by Crippen LogP contribution is 2.44. The second kappa shape index (κ2) is 8.27. The molecule has 1 aromatic rings. The van der Waals surface area contributed by atoms with E-state index in [1.165, 1.54) is 17.3 Å². The molecule has 0 aliphatic heterocycles. The predicted octanol–water partition coefficient (Wildman–Crippen LogP) is 4.37. The third-order valence-corrected chi connectivity index (χ3v) is 5.98. The zero-order valence-corrected chi connectivity index (χ0v) is 17.1. The van der Waals surface area contributed by atoms with Crippen molar-refractivity contribution in [2.45, 2.75) is 37.5 Å². The van der Waals surface area contributed by atoms with Crippen LogP contribution in [0.1, 0.15) is 37.8 Å². The Balaban J connectivity index is 1.66. The Morgan fingerprint density at radius 1 is 1.25 bits per heavy atom. The highest BCUT2D eigenvalue weighted by Gasteiger charge is 2.30. The number of carboxylic acids is 1. The molecule has 2 aliphatic carbocycles. The Kier molecular flexibility index (Phi) is 5.98. The number of allylic oxidation sites excluding steroid dienone is 5. The van der Waals surface area contributed by atoms with E-state index in [0.29, 0.717) is 0 Å². The van der Waals surface area contributed by atoms with Crippen LogP contribution in [0.3, 0.4) is 0 Å². The SMILES string of the molecule is CC(C)(C)SC[C@H](NC(=O)OCC1=C2C=CC=CC2c2ccccc21)C(=O)O. The Labute approximate surface area is 169 Å². The van der Waals surface area contributed by atoms with E-state index in [4.69, 9.17) is 4.74 Å². The lowest BCUT2D eigenvalue weighted by Gasteiger charge is -2.21. The molecule has 0 spiro atoms. The van der Waals surface area contributed by atoms with Crippen molar-refractivity contribution in [1.29, 1.82) is 0 Å². The number of thioether (sulfide) groups is 1. The maximum absolute atomic E-state index is 12.3. The summed E-state index contributed by atoms with van der Waals surface area (Å²) in [6.45, 7) is 6.11. The van der Waals surface area contributed by atoms with Gasteiger partial charge in [0, 0.05) is 22.0 Å². The van der Waals surface area contributed by atoms with Crippen molar-refractivity contribution in [3.05, 3.63) is 65.3 Å². The monoisotopic (exact) mass is 399 g/mol. The fourth-order valence-electron chi connectivity index (χ4n) is 3.29. The average Bonchev–Trinajstić information content (AvgIpc) is 2.96. The van der Waals surface area contributed by atoms with Crippen molar-refractivity contribution in [1.82, 2.24) is 5.32 Å². The van der Waals surface area contributed by atoms with Gasteiger partial charge in [0.05, 0.1) is 0 Å². The molecule has 2 aliphatic rings. The van der Waals surface area contributed by atoms with E-state index in [9.17, 15) is 14.7 Å². The molecule has 0 heterocycles. The maximum Gasteiger partial charge on any atom is 0.408 e. The van der Waals surface area contributed by atoms with Crippen LogP contribution in [-0.2, 0) is 9.53 Å². The van der Waals surface area contributed by atoms with Crippen LogP contribution in [0, 0.1) is 0 Å². The number of carboxylic acid groups (broad SMARTS) is 1. The lowest BCUT2D eigenvalue weighted by molar-refractivity contribution is -0.138. The number of benzene rings is 1. The number of aliphatic carboxylic acids is 1.